The quantitative estimate of drug-likeness (QED) is 0.491. The zero-order chi connectivity index (χ0) is 19.7. The third-order valence-corrected chi connectivity index (χ3v) is 5.28. The normalized spacial score (nSPS) is 12.4. The summed E-state index contributed by atoms with van der Waals surface area (Å²) in [6.07, 6.45) is -0.696. The molecule has 1 aromatic carbocycles. The first-order valence-corrected chi connectivity index (χ1v) is 9.66. The second-order valence-electron chi connectivity index (χ2n) is 5.26. The standard InChI is InChI=1S/C16H22NO8P/c1-3-24-26(23,25-4-2)10-11-5-7-12(8-6-11)15(20)17-13(16(21)22)9-14(18)19/h5-8,13H,3-4,9-10H2,1-2H3,(H,17,20)(H,18,19)(H,21,22)/t13-/m1/s1. The molecule has 0 aliphatic rings. The monoisotopic (exact) mass is 387 g/mol. The van der Waals surface area contributed by atoms with Crippen molar-refractivity contribution < 1.29 is 38.2 Å². The smallest absolute Gasteiger partial charge is 0.335 e. The van der Waals surface area contributed by atoms with Crippen molar-refractivity contribution in [3.05, 3.63) is 35.4 Å². The number of benzene rings is 1. The van der Waals surface area contributed by atoms with Crippen molar-refractivity contribution in [2.75, 3.05) is 13.2 Å². The molecule has 0 fully saturated rings. The van der Waals surface area contributed by atoms with E-state index in [9.17, 15) is 18.9 Å². The Bertz CT molecular complexity index is 678. The minimum absolute atomic E-state index is 0.0351. The Balaban J connectivity index is 2.82. The van der Waals surface area contributed by atoms with E-state index in [1.807, 2.05) is 0 Å². The van der Waals surface area contributed by atoms with Crippen LogP contribution in [0.4, 0.5) is 0 Å². The third-order valence-electron chi connectivity index (χ3n) is 3.23. The van der Waals surface area contributed by atoms with Crippen LogP contribution in [0.25, 0.3) is 0 Å². The van der Waals surface area contributed by atoms with Crippen LogP contribution in [-0.2, 0) is 29.4 Å². The maximum atomic E-state index is 12.5. The number of aliphatic carboxylic acids is 2. The van der Waals surface area contributed by atoms with Crippen molar-refractivity contribution in [1.29, 1.82) is 0 Å². The average Bonchev–Trinajstić information content (AvgIpc) is 2.54. The molecule has 144 valence electrons. The highest BCUT2D eigenvalue weighted by Crippen LogP contribution is 2.51. The molecule has 0 aromatic heterocycles. The lowest BCUT2D eigenvalue weighted by Gasteiger charge is -2.17. The largest absolute Gasteiger partial charge is 0.481 e. The average molecular weight is 387 g/mol. The number of hydrogen-bond donors (Lipinski definition) is 3. The van der Waals surface area contributed by atoms with E-state index in [2.05, 4.69) is 5.32 Å². The van der Waals surface area contributed by atoms with Gasteiger partial charge in [-0.05, 0) is 31.5 Å². The fourth-order valence-electron chi connectivity index (χ4n) is 2.12. The van der Waals surface area contributed by atoms with Gasteiger partial charge in [0.15, 0.2) is 0 Å². The van der Waals surface area contributed by atoms with Crippen LogP contribution in [0.15, 0.2) is 24.3 Å². The predicted octanol–water partition coefficient (Wildman–Crippen LogP) is 2.11. The molecule has 10 heteroatoms. The zero-order valence-corrected chi connectivity index (χ0v) is 15.4. The number of amides is 1. The Morgan fingerprint density at radius 1 is 1.08 bits per heavy atom. The van der Waals surface area contributed by atoms with Crippen LogP contribution in [0, 0.1) is 0 Å². The van der Waals surface area contributed by atoms with Gasteiger partial charge in [0.25, 0.3) is 5.91 Å². The van der Waals surface area contributed by atoms with Crippen LogP contribution in [0.2, 0.25) is 0 Å². The molecule has 1 amide bonds. The van der Waals surface area contributed by atoms with Crippen molar-refractivity contribution in [3.63, 3.8) is 0 Å². The van der Waals surface area contributed by atoms with Gasteiger partial charge >= 0.3 is 19.5 Å². The van der Waals surface area contributed by atoms with Crippen molar-refractivity contribution in [3.8, 4) is 0 Å². The van der Waals surface area contributed by atoms with E-state index < -0.39 is 37.9 Å². The molecule has 1 atom stereocenters. The van der Waals surface area contributed by atoms with E-state index in [4.69, 9.17) is 19.3 Å². The Morgan fingerprint density at radius 2 is 1.62 bits per heavy atom. The van der Waals surface area contributed by atoms with Gasteiger partial charge in [-0.2, -0.15) is 0 Å². The molecule has 0 saturated heterocycles. The number of carbonyl (C=O) groups excluding carboxylic acids is 1. The van der Waals surface area contributed by atoms with Gasteiger partial charge in [-0.1, -0.05) is 12.1 Å². The van der Waals surface area contributed by atoms with Gasteiger partial charge in [0, 0.05) is 5.56 Å². The number of nitrogens with one attached hydrogen (secondary N) is 1. The van der Waals surface area contributed by atoms with E-state index in [1.165, 1.54) is 12.1 Å². The lowest BCUT2D eigenvalue weighted by molar-refractivity contribution is -0.145. The van der Waals surface area contributed by atoms with Crippen molar-refractivity contribution in [2.45, 2.75) is 32.5 Å². The summed E-state index contributed by atoms with van der Waals surface area (Å²) >= 11 is 0. The topological polar surface area (TPSA) is 139 Å². The molecule has 0 spiro atoms. The summed E-state index contributed by atoms with van der Waals surface area (Å²) in [5, 5.41) is 19.8. The SMILES string of the molecule is CCOP(=O)(Cc1ccc(C(=O)N[C@H](CC(=O)O)C(=O)O)cc1)OCC. The molecule has 0 saturated carbocycles. The van der Waals surface area contributed by atoms with Gasteiger partial charge in [0.1, 0.15) is 6.04 Å². The molecular formula is C16H22NO8P. The van der Waals surface area contributed by atoms with E-state index in [1.54, 1.807) is 26.0 Å². The maximum Gasteiger partial charge on any atom is 0.335 e. The molecule has 1 aromatic rings. The summed E-state index contributed by atoms with van der Waals surface area (Å²) in [7, 11) is -3.28. The van der Waals surface area contributed by atoms with Crippen LogP contribution in [0.5, 0.6) is 0 Å². The van der Waals surface area contributed by atoms with Gasteiger partial charge < -0.3 is 24.6 Å². The van der Waals surface area contributed by atoms with Crippen LogP contribution in [-0.4, -0.2) is 47.3 Å². The Labute approximate surface area is 150 Å². The van der Waals surface area contributed by atoms with E-state index in [-0.39, 0.29) is 24.9 Å². The Kier molecular flexibility index (Phi) is 8.44. The van der Waals surface area contributed by atoms with Crippen molar-refractivity contribution in [2.24, 2.45) is 0 Å². The lowest BCUT2D eigenvalue weighted by Crippen LogP contribution is -2.42. The molecule has 0 radical (unpaired) electrons. The molecule has 0 heterocycles. The highest BCUT2D eigenvalue weighted by atomic mass is 31.2. The second kappa shape index (κ2) is 10.1. The molecule has 1 rings (SSSR count). The second-order valence-corrected chi connectivity index (χ2v) is 7.32. The molecule has 9 nitrogen and oxygen atoms in total. The third kappa shape index (κ3) is 6.95. The van der Waals surface area contributed by atoms with Crippen LogP contribution < -0.4 is 5.32 Å². The fraction of sp³-hybridized carbons (Fsp3) is 0.438. The number of rotatable bonds is 11. The van der Waals surface area contributed by atoms with E-state index in [0.717, 1.165) is 0 Å². The van der Waals surface area contributed by atoms with Crippen molar-refractivity contribution in [1.82, 2.24) is 5.32 Å². The highest BCUT2D eigenvalue weighted by Gasteiger charge is 2.25. The summed E-state index contributed by atoms with van der Waals surface area (Å²) < 4.78 is 22.9. The molecular weight excluding hydrogens is 365 g/mol. The van der Waals surface area contributed by atoms with Gasteiger partial charge in [0.2, 0.25) is 0 Å². The van der Waals surface area contributed by atoms with E-state index in [0.29, 0.717) is 5.56 Å². The first-order valence-electron chi connectivity index (χ1n) is 7.93. The molecule has 0 aliphatic heterocycles. The first-order chi connectivity index (χ1) is 12.2. The first kappa shape index (κ1) is 21.8. The Morgan fingerprint density at radius 3 is 2.04 bits per heavy atom. The minimum Gasteiger partial charge on any atom is -0.481 e. The van der Waals surface area contributed by atoms with Gasteiger partial charge in [0.05, 0.1) is 25.8 Å². The summed E-state index contributed by atoms with van der Waals surface area (Å²) in [4.78, 5) is 33.7. The van der Waals surface area contributed by atoms with Gasteiger partial charge in [-0.3, -0.25) is 14.2 Å². The van der Waals surface area contributed by atoms with Gasteiger partial charge in [-0.15, -0.1) is 0 Å². The molecule has 0 unspecified atom stereocenters. The maximum absolute atomic E-state index is 12.5. The van der Waals surface area contributed by atoms with Gasteiger partial charge in [-0.25, -0.2) is 4.79 Å². The summed E-state index contributed by atoms with van der Waals surface area (Å²) in [6, 6.07) is 4.41. The predicted molar refractivity (Wildman–Crippen MR) is 92.1 cm³/mol. The van der Waals surface area contributed by atoms with Crippen LogP contribution >= 0.6 is 7.60 Å². The summed E-state index contributed by atoms with van der Waals surface area (Å²) in [5.74, 6) is -3.50. The molecule has 26 heavy (non-hydrogen) atoms. The fourth-order valence-corrected chi connectivity index (χ4v) is 3.83. The molecule has 0 bridgehead atoms. The van der Waals surface area contributed by atoms with E-state index >= 15 is 0 Å². The Hall–Kier alpha value is -2.22. The number of carboxylic acids is 2. The molecule has 0 aliphatic carbocycles. The minimum atomic E-state index is -3.28. The number of hydrogen-bond acceptors (Lipinski definition) is 6. The van der Waals surface area contributed by atoms with Crippen molar-refractivity contribution >= 4 is 25.4 Å². The van der Waals surface area contributed by atoms with Crippen LogP contribution in [0.3, 0.4) is 0 Å². The number of carbonyl (C=O) groups is 3. The van der Waals surface area contributed by atoms with Crippen LogP contribution in [0.1, 0.15) is 36.2 Å². The highest BCUT2D eigenvalue weighted by molar-refractivity contribution is 7.53. The summed E-state index contributed by atoms with van der Waals surface area (Å²) in [6.45, 7) is 3.88. The summed E-state index contributed by atoms with van der Waals surface area (Å²) in [5.41, 5.74) is 0.764. The molecule has 3 N–H and O–H groups in total. The lowest BCUT2D eigenvalue weighted by atomic mass is 10.1. The number of carboxylic acid groups (broad SMARTS) is 2. The zero-order valence-electron chi connectivity index (χ0n) is 14.5.